The SMILES string of the molecule is CCN1CCN(c2ccc(S(=O)(=O)NC)cc2)CC1.CNS(=O)(=O)c1ccc(Br)cc1. The third-order valence-corrected chi connectivity index (χ3v) is 8.38. The zero-order valence-electron chi connectivity index (χ0n) is 17.9. The molecule has 2 N–H and O–H groups in total. The van der Waals surface area contributed by atoms with Gasteiger partial charge in [-0.05, 0) is 69.2 Å². The Morgan fingerprint density at radius 3 is 1.58 bits per heavy atom. The number of nitrogens with zero attached hydrogens (tertiary/aromatic N) is 2. The topological polar surface area (TPSA) is 98.8 Å². The van der Waals surface area contributed by atoms with Crippen LogP contribution in [0.5, 0.6) is 0 Å². The molecular weight excluding hydrogens is 504 g/mol. The zero-order chi connectivity index (χ0) is 23.1. The molecule has 1 saturated heterocycles. The minimum atomic E-state index is -3.34. The summed E-state index contributed by atoms with van der Waals surface area (Å²) in [5.41, 5.74) is 1.09. The van der Waals surface area contributed by atoms with Crippen LogP contribution in [0, 0.1) is 0 Å². The van der Waals surface area contributed by atoms with Crippen molar-refractivity contribution in [2.75, 3.05) is 51.7 Å². The van der Waals surface area contributed by atoms with E-state index in [9.17, 15) is 16.8 Å². The molecule has 3 rings (SSSR count). The van der Waals surface area contributed by atoms with Gasteiger partial charge in [-0.3, -0.25) is 0 Å². The maximum Gasteiger partial charge on any atom is 0.240 e. The van der Waals surface area contributed by atoms with Gasteiger partial charge in [0.2, 0.25) is 20.0 Å². The van der Waals surface area contributed by atoms with Crippen LogP contribution in [0.1, 0.15) is 6.92 Å². The van der Waals surface area contributed by atoms with Crippen molar-refractivity contribution in [3.63, 3.8) is 0 Å². The van der Waals surface area contributed by atoms with Crippen molar-refractivity contribution in [3.8, 4) is 0 Å². The van der Waals surface area contributed by atoms with Gasteiger partial charge in [-0.1, -0.05) is 22.9 Å². The highest BCUT2D eigenvalue weighted by Gasteiger charge is 2.17. The van der Waals surface area contributed by atoms with Gasteiger partial charge in [0.05, 0.1) is 9.79 Å². The molecule has 1 aliphatic rings. The second-order valence-electron chi connectivity index (χ2n) is 6.78. The van der Waals surface area contributed by atoms with Crippen molar-refractivity contribution >= 4 is 41.7 Å². The largest absolute Gasteiger partial charge is 0.369 e. The number of benzene rings is 2. The van der Waals surface area contributed by atoms with E-state index in [1.165, 1.54) is 26.2 Å². The highest BCUT2D eigenvalue weighted by Crippen LogP contribution is 2.19. The molecule has 1 heterocycles. The van der Waals surface area contributed by atoms with Crippen LogP contribution in [0.15, 0.2) is 62.8 Å². The summed E-state index contributed by atoms with van der Waals surface area (Å²) < 4.78 is 51.1. The first kappa shape index (κ1) is 25.8. The molecule has 1 aliphatic heterocycles. The summed E-state index contributed by atoms with van der Waals surface area (Å²) in [7, 11) is -3.81. The second kappa shape index (κ2) is 11.4. The van der Waals surface area contributed by atoms with Gasteiger partial charge in [0.1, 0.15) is 0 Å². The van der Waals surface area contributed by atoms with Gasteiger partial charge in [-0.25, -0.2) is 26.3 Å². The van der Waals surface area contributed by atoms with Crippen LogP contribution in [0.25, 0.3) is 0 Å². The average molecular weight is 534 g/mol. The van der Waals surface area contributed by atoms with Gasteiger partial charge < -0.3 is 9.80 Å². The van der Waals surface area contributed by atoms with Crippen molar-refractivity contribution in [2.45, 2.75) is 16.7 Å². The quantitative estimate of drug-likeness (QED) is 0.590. The molecule has 0 radical (unpaired) electrons. The Hall–Kier alpha value is -1.50. The predicted molar refractivity (Wildman–Crippen MR) is 127 cm³/mol. The van der Waals surface area contributed by atoms with E-state index in [0.717, 1.165) is 42.9 Å². The van der Waals surface area contributed by atoms with Crippen molar-refractivity contribution in [1.29, 1.82) is 0 Å². The fraction of sp³-hybridized carbons (Fsp3) is 0.400. The average Bonchev–Trinajstić information content (AvgIpc) is 2.80. The number of sulfonamides is 2. The van der Waals surface area contributed by atoms with Gasteiger partial charge in [-0.15, -0.1) is 0 Å². The molecule has 2 aromatic carbocycles. The Kier molecular flexibility index (Phi) is 9.46. The Bertz CT molecular complexity index is 1040. The van der Waals surface area contributed by atoms with Gasteiger partial charge in [0.15, 0.2) is 0 Å². The van der Waals surface area contributed by atoms with E-state index in [1.54, 1.807) is 24.3 Å². The van der Waals surface area contributed by atoms with Gasteiger partial charge in [-0.2, -0.15) is 0 Å². The van der Waals surface area contributed by atoms with E-state index in [1.807, 2.05) is 12.1 Å². The van der Waals surface area contributed by atoms with Gasteiger partial charge in [0.25, 0.3) is 0 Å². The molecule has 0 bridgehead atoms. The number of hydrogen-bond acceptors (Lipinski definition) is 6. The highest BCUT2D eigenvalue weighted by molar-refractivity contribution is 9.10. The van der Waals surface area contributed by atoms with Crippen LogP contribution in [-0.2, 0) is 20.0 Å². The van der Waals surface area contributed by atoms with E-state index < -0.39 is 20.0 Å². The molecule has 0 atom stereocenters. The molecule has 172 valence electrons. The van der Waals surface area contributed by atoms with Crippen LogP contribution < -0.4 is 14.3 Å². The number of nitrogens with one attached hydrogen (secondary N) is 2. The minimum Gasteiger partial charge on any atom is -0.369 e. The van der Waals surface area contributed by atoms with Crippen LogP contribution in [-0.4, -0.2) is 68.6 Å². The number of rotatable bonds is 6. The summed E-state index contributed by atoms with van der Waals surface area (Å²) >= 11 is 3.22. The number of halogens is 1. The molecule has 2 aromatic rings. The smallest absolute Gasteiger partial charge is 0.240 e. The predicted octanol–water partition coefficient (Wildman–Crippen LogP) is 2.09. The molecule has 0 aliphatic carbocycles. The van der Waals surface area contributed by atoms with Crippen molar-refractivity contribution in [1.82, 2.24) is 14.3 Å². The molecule has 0 amide bonds. The minimum absolute atomic E-state index is 0.271. The van der Waals surface area contributed by atoms with Crippen LogP contribution in [0.2, 0.25) is 0 Å². The van der Waals surface area contributed by atoms with Gasteiger partial charge >= 0.3 is 0 Å². The fourth-order valence-corrected chi connectivity index (χ4v) is 4.73. The van der Waals surface area contributed by atoms with Crippen molar-refractivity contribution in [2.24, 2.45) is 0 Å². The van der Waals surface area contributed by atoms with Crippen molar-refractivity contribution < 1.29 is 16.8 Å². The first-order chi connectivity index (χ1) is 14.6. The van der Waals surface area contributed by atoms with Crippen LogP contribution in [0.4, 0.5) is 5.69 Å². The first-order valence-corrected chi connectivity index (χ1v) is 13.6. The molecule has 8 nitrogen and oxygen atoms in total. The Balaban J connectivity index is 0.000000245. The summed E-state index contributed by atoms with van der Waals surface area (Å²) in [4.78, 5) is 5.29. The molecular formula is C20H29BrN4O4S2. The maximum absolute atomic E-state index is 11.6. The number of likely N-dealkylation sites (N-methyl/N-ethyl adjacent to an activating group) is 1. The number of piperazine rings is 1. The van der Waals surface area contributed by atoms with E-state index in [4.69, 9.17) is 0 Å². The van der Waals surface area contributed by atoms with Crippen LogP contribution >= 0.6 is 15.9 Å². The normalized spacial score (nSPS) is 15.3. The Morgan fingerprint density at radius 1 is 0.774 bits per heavy atom. The number of hydrogen-bond donors (Lipinski definition) is 2. The molecule has 0 spiro atoms. The summed E-state index contributed by atoms with van der Waals surface area (Å²) in [6, 6.07) is 13.5. The zero-order valence-corrected chi connectivity index (χ0v) is 21.1. The van der Waals surface area contributed by atoms with E-state index >= 15 is 0 Å². The van der Waals surface area contributed by atoms with Crippen LogP contribution in [0.3, 0.4) is 0 Å². The van der Waals surface area contributed by atoms with Gasteiger partial charge in [0, 0.05) is 36.3 Å². The van der Waals surface area contributed by atoms with E-state index in [2.05, 4.69) is 42.1 Å². The lowest BCUT2D eigenvalue weighted by molar-refractivity contribution is 0.271. The molecule has 11 heteroatoms. The molecule has 1 fully saturated rings. The third kappa shape index (κ3) is 7.26. The standard InChI is InChI=1S/C13H21N3O2S.C7H8BrNO2S/c1-3-15-8-10-16(11-9-15)12-4-6-13(7-5-12)19(17,18)14-2;1-9-12(10,11)7-4-2-6(8)3-5-7/h4-7,14H,3,8-11H2,1-2H3;2-5,9H,1H3. The second-order valence-corrected chi connectivity index (χ2v) is 11.5. The van der Waals surface area contributed by atoms with E-state index in [0.29, 0.717) is 4.90 Å². The summed E-state index contributed by atoms with van der Waals surface area (Å²) in [6.07, 6.45) is 0. The maximum atomic E-state index is 11.6. The Morgan fingerprint density at radius 2 is 1.19 bits per heavy atom. The number of anilines is 1. The van der Waals surface area contributed by atoms with Crippen molar-refractivity contribution in [3.05, 3.63) is 53.0 Å². The summed E-state index contributed by atoms with van der Waals surface area (Å²) in [5, 5.41) is 0. The summed E-state index contributed by atoms with van der Waals surface area (Å²) in [6.45, 7) is 7.37. The Labute approximate surface area is 193 Å². The van der Waals surface area contributed by atoms with E-state index in [-0.39, 0.29) is 4.90 Å². The highest BCUT2D eigenvalue weighted by atomic mass is 79.9. The summed E-state index contributed by atoms with van der Waals surface area (Å²) in [5.74, 6) is 0. The monoisotopic (exact) mass is 532 g/mol. The molecule has 0 aromatic heterocycles. The lowest BCUT2D eigenvalue weighted by Gasteiger charge is -2.35. The molecule has 0 unspecified atom stereocenters. The lowest BCUT2D eigenvalue weighted by Crippen LogP contribution is -2.46. The molecule has 31 heavy (non-hydrogen) atoms. The molecule has 0 saturated carbocycles. The fourth-order valence-electron chi connectivity index (χ4n) is 3.01. The third-order valence-electron chi connectivity index (χ3n) is 4.99. The lowest BCUT2D eigenvalue weighted by atomic mass is 10.2. The first-order valence-electron chi connectivity index (χ1n) is 9.83.